The molecule has 0 unspecified atom stereocenters. The molecule has 4 rings (SSSR count). The van der Waals surface area contributed by atoms with E-state index in [1.807, 2.05) is 68.4 Å². The molecule has 158 valence electrons. The van der Waals surface area contributed by atoms with E-state index in [0.717, 1.165) is 22.4 Å². The van der Waals surface area contributed by atoms with Crippen LogP contribution < -0.4 is 0 Å². The van der Waals surface area contributed by atoms with Crippen LogP contribution in [0.1, 0.15) is 35.3 Å². The molecule has 6 heteroatoms. The lowest BCUT2D eigenvalue weighted by Gasteiger charge is -2.28. The molecule has 3 aromatic rings. The van der Waals surface area contributed by atoms with E-state index >= 15 is 0 Å². The molecule has 0 saturated carbocycles. The van der Waals surface area contributed by atoms with Crippen molar-refractivity contribution in [2.24, 2.45) is 5.10 Å². The van der Waals surface area contributed by atoms with Crippen LogP contribution in [0.15, 0.2) is 77.9 Å². The summed E-state index contributed by atoms with van der Waals surface area (Å²) >= 11 is 12.5. The van der Waals surface area contributed by atoms with Crippen molar-refractivity contribution in [3.05, 3.63) is 105 Å². The fourth-order valence-electron chi connectivity index (χ4n) is 3.73. The van der Waals surface area contributed by atoms with Gasteiger partial charge >= 0.3 is 0 Å². The summed E-state index contributed by atoms with van der Waals surface area (Å²) in [7, 11) is 0. The van der Waals surface area contributed by atoms with E-state index in [1.165, 1.54) is 5.56 Å². The summed E-state index contributed by atoms with van der Waals surface area (Å²) in [5.41, 5.74) is 4.93. The number of rotatable bonds is 5. The Balaban J connectivity index is 1.72. The lowest BCUT2D eigenvalue weighted by atomic mass is 10.1. The fraction of sp³-hybridized carbons (Fsp3) is 0.200. The number of amides is 1. The van der Waals surface area contributed by atoms with E-state index in [1.54, 1.807) is 11.1 Å². The lowest BCUT2D eigenvalue weighted by Crippen LogP contribution is -2.29. The van der Waals surface area contributed by atoms with E-state index in [9.17, 15) is 4.79 Å². The van der Waals surface area contributed by atoms with Crippen molar-refractivity contribution in [2.45, 2.75) is 26.6 Å². The highest BCUT2D eigenvalue weighted by Crippen LogP contribution is 2.35. The van der Waals surface area contributed by atoms with Gasteiger partial charge in [0.2, 0.25) is 0 Å². The number of carbonyl (C=O) groups excluding carboxylic acids is 1. The minimum absolute atomic E-state index is 0.0570. The zero-order valence-corrected chi connectivity index (χ0v) is 18.9. The van der Waals surface area contributed by atoms with Crippen LogP contribution in [-0.4, -0.2) is 28.1 Å². The van der Waals surface area contributed by atoms with Gasteiger partial charge in [0.05, 0.1) is 22.3 Å². The molecular weight excluding hydrogens is 429 g/mol. The highest BCUT2D eigenvalue weighted by molar-refractivity contribution is 6.42. The van der Waals surface area contributed by atoms with E-state index in [0.29, 0.717) is 16.6 Å². The van der Waals surface area contributed by atoms with Gasteiger partial charge in [-0.15, -0.1) is 0 Å². The molecule has 4 nitrogen and oxygen atoms in total. The highest BCUT2D eigenvalue weighted by atomic mass is 35.5. The predicted molar refractivity (Wildman–Crippen MR) is 126 cm³/mol. The Bertz CT molecular complexity index is 1110. The van der Waals surface area contributed by atoms with Gasteiger partial charge in [-0.05, 0) is 42.7 Å². The summed E-state index contributed by atoms with van der Waals surface area (Å²) in [6.07, 6.45) is -0.372. The molecule has 31 heavy (non-hydrogen) atoms. The van der Waals surface area contributed by atoms with Crippen molar-refractivity contribution in [1.29, 1.82) is 0 Å². The number of aryl methyl sites for hydroxylation is 1. The first-order chi connectivity index (χ1) is 14.9. The van der Waals surface area contributed by atoms with Crippen LogP contribution in [0.3, 0.4) is 0 Å². The Hall–Kier alpha value is -2.66. The molecule has 0 aromatic heterocycles. The van der Waals surface area contributed by atoms with Gasteiger partial charge in [-0.2, -0.15) is 5.10 Å². The van der Waals surface area contributed by atoms with Gasteiger partial charge in [-0.25, -0.2) is 5.01 Å². The van der Waals surface area contributed by atoms with Crippen LogP contribution in [0.4, 0.5) is 0 Å². The summed E-state index contributed by atoms with van der Waals surface area (Å²) in [6.45, 7) is 4.85. The van der Waals surface area contributed by atoms with Crippen molar-refractivity contribution in [3.63, 3.8) is 0 Å². The van der Waals surface area contributed by atoms with E-state index in [2.05, 4.69) is 17.0 Å². The number of hydrazone groups is 1. The summed E-state index contributed by atoms with van der Waals surface area (Å²) in [5, 5.41) is 7.25. The topological polar surface area (TPSA) is 35.9 Å². The Morgan fingerprint density at radius 2 is 1.71 bits per heavy atom. The minimum atomic E-state index is -0.372. The van der Waals surface area contributed by atoms with Crippen LogP contribution in [0.5, 0.6) is 0 Å². The molecule has 3 aromatic carbocycles. The van der Waals surface area contributed by atoms with Gasteiger partial charge in [0.15, 0.2) is 0 Å². The van der Waals surface area contributed by atoms with Crippen molar-refractivity contribution in [2.75, 3.05) is 6.54 Å². The van der Waals surface area contributed by atoms with Gasteiger partial charge in [0.25, 0.3) is 5.91 Å². The lowest BCUT2D eigenvalue weighted by molar-refractivity contribution is -0.128. The monoisotopic (exact) mass is 451 g/mol. The second kappa shape index (κ2) is 9.23. The van der Waals surface area contributed by atoms with Gasteiger partial charge in [0.1, 0.15) is 6.17 Å². The summed E-state index contributed by atoms with van der Waals surface area (Å²) in [6, 6.07) is 23.7. The van der Waals surface area contributed by atoms with Crippen LogP contribution >= 0.6 is 23.2 Å². The van der Waals surface area contributed by atoms with E-state index in [4.69, 9.17) is 28.3 Å². The summed E-state index contributed by atoms with van der Waals surface area (Å²) in [5.74, 6) is -0.0570. The van der Waals surface area contributed by atoms with Gasteiger partial charge in [0, 0.05) is 6.54 Å². The van der Waals surface area contributed by atoms with Crippen molar-refractivity contribution >= 4 is 34.8 Å². The first kappa shape index (κ1) is 21.6. The number of nitrogens with zero attached hydrogens (tertiary/aromatic N) is 3. The zero-order valence-electron chi connectivity index (χ0n) is 17.4. The first-order valence-corrected chi connectivity index (χ1v) is 10.8. The second-order valence-electron chi connectivity index (χ2n) is 7.73. The second-order valence-corrected chi connectivity index (χ2v) is 8.54. The number of hydrogen-bond donors (Lipinski definition) is 0. The predicted octanol–water partition coefficient (Wildman–Crippen LogP) is 6.07. The SMILES string of the molecule is C/C(=N/N1C(=O)CN(Cc2ccccc2)[C@H]1c1ccc(Cl)c(Cl)c1)c1ccc(C)cc1. The molecular formula is C25H23Cl2N3O. The zero-order chi connectivity index (χ0) is 22.0. The van der Waals surface area contributed by atoms with Crippen LogP contribution in [0.25, 0.3) is 0 Å². The summed E-state index contributed by atoms with van der Waals surface area (Å²) in [4.78, 5) is 15.1. The van der Waals surface area contributed by atoms with Crippen molar-refractivity contribution in [1.82, 2.24) is 9.91 Å². The van der Waals surface area contributed by atoms with E-state index in [-0.39, 0.29) is 18.6 Å². The third-order valence-electron chi connectivity index (χ3n) is 5.37. The molecule has 1 atom stereocenters. The summed E-state index contributed by atoms with van der Waals surface area (Å²) < 4.78 is 0. The molecule has 1 aliphatic heterocycles. The molecule has 0 spiro atoms. The number of benzene rings is 3. The van der Waals surface area contributed by atoms with Gasteiger partial charge in [-0.3, -0.25) is 9.69 Å². The maximum Gasteiger partial charge on any atom is 0.258 e. The molecule has 0 bridgehead atoms. The maximum absolute atomic E-state index is 13.0. The molecule has 1 fully saturated rings. The highest BCUT2D eigenvalue weighted by Gasteiger charge is 2.39. The third kappa shape index (κ3) is 4.82. The molecule has 1 amide bonds. The third-order valence-corrected chi connectivity index (χ3v) is 6.11. The number of carbonyl (C=O) groups is 1. The van der Waals surface area contributed by atoms with Crippen molar-refractivity contribution < 1.29 is 4.79 Å². The molecule has 0 aliphatic carbocycles. The first-order valence-electron chi connectivity index (χ1n) is 10.1. The standard InChI is InChI=1S/C25H23Cl2N3O/c1-17-8-10-20(11-9-17)18(2)28-30-24(31)16-29(15-19-6-4-3-5-7-19)25(30)21-12-13-22(26)23(27)14-21/h3-14,25H,15-16H2,1-2H3/b28-18-/t25-/m1/s1. The normalized spacial score (nSPS) is 17.4. The van der Waals surface area contributed by atoms with E-state index < -0.39 is 0 Å². The Morgan fingerprint density at radius 3 is 2.39 bits per heavy atom. The van der Waals surface area contributed by atoms with Crippen molar-refractivity contribution in [3.8, 4) is 0 Å². The molecule has 1 heterocycles. The smallest absolute Gasteiger partial charge is 0.258 e. The Morgan fingerprint density at radius 1 is 1.00 bits per heavy atom. The Labute approximate surface area is 192 Å². The van der Waals surface area contributed by atoms with Gasteiger partial charge in [-0.1, -0.05) is 89.4 Å². The van der Waals surface area contributed by atoms with Gasteiger partial charge < -0.3 is 0 Å². The average Bonchev–Trinajstić information content (AvgIpc) is 3.06. The average molecular weight is 452 g/mol. The Kier molecular flexibility index (Phi) is 6.42. The number of halogens is 2. The molecule has 0 N–H and O–H groups in total. The minimum Gasteiger partial charge on any atom is -0.271 e. The quantitative estimate of drug-likeness (QED) is 0.441. The maximum atomic E-state index is 13.0. The van der Waals surface area contributed by atoms with Crippen LogP contribution in [-0.2, 0) is 11.3 Å². The van der Waals surface area contributed by atoms with Crippen LogP contribution in [0.2, 0.25) is 10.0 Å². The van der Waals surface area contributed by atoms with Crippen LogP contribution in [0, 0.1) is 6.92 Å². The fourth-order valence-corrected chi connectivity index (χ4v) is 4.04. The number of hydrogen-bond acceptors (Lipinski definition) is 3. The largest absolute Gasteiger partial charge is 0.271 e. The molecule has 1 saturated heterocycles. The molecule has 1 aliphatic rings. The molecule has 0 radical (unpaired) electrons.